The van der Waals surface area contributed by atoms with Crippen LogP contribution in [0.2, 0.25) is 0 Å². The van der Waals surface area contributed by atoms with Crippen molar-refractivity contribution in [2.45, 2.75) is 39.0 Å². The van der Waals surface area contributed by atoms with Gasteiger partial charge < -0.3 is 10.2 Å². The van der Waals surface area contributed by atoms with E-state index in [1.165, 1.54) is 11.3 Å². The van der Waals surface area contributed by atoms with Gasteiger partial charge in [-0.05, 0) is 50.1 Å². The lowest BCUT2D eigenvalue weighted by atomic mass is 10.1. The van der Waals surface area contributed by atoms with E-state index < -0.39 is 0 Å². The molecule has 1 fully saturated rings. The Balaban J connectivity index is 1.56. The molecule has 1 aliphatic heterocycles. The molecule has 0 saturated carbocycles. The molecule has 0 spiro atoms. The van der Waals surface area contributed by atoms with Gasteiger partial charge in [-0.2, -0.15) is 0 Å². The number of piperidine rings is 1. The first kappa shape index (κ1) is 18.3. The number of aryl methyl sites for hydroxylation is 1. The highest BCUT2D eigenvalue weighted by Gasteiger charge is 2.20. The molecule has 26 heavy (non-hydrogen) atoms. The Hall–Kier alpha value is -2.47. The molecule has 1 aliphatic rings. The number of ketones is 1. The van der Waals surface area contributed by atoms with Crippen LogP contribution in [0.15, 0.2) is 36.4 Å². The lowest BCUT2D eigenvalue weighted by molar-refractivity contribution is -0.119. The smallest absolute Gasteiger partial charge is 0.226 e. The number of nitrogens with zero attached hydrogens (tertiary/aromatic N) is 1. The minimum Gasteiger partial charge on any atom is -0.326 e. The Bertz CT molecular complexity index is 828. The number of benzene rings is 1. The summed E-state index contributed by atoms with van der Waals surface area (Å²) in [6.45, 7) is 2.67. The van der Waals surface area contributed by atoms with E-state index in [1.54, 1.807) is 17.0 Å². The van der Waals surface area contributed by atoms with Gasteiger partial charge in [0.1, 0.15) is 0 Å². The summed E-state index contributed by atoms with van der Waals surface area (Å²) < 4.78 is 0. The van der Waals surface area contributed by atoms with E-state index in [0.717, 1.165) is 23.4 Å². The van der Waals surface area contributed by atoms with Crippen LogP contribution in [-0.2, 0) is 9.59 Å². The Kier molecular flexibility index (Phi) is 5.83. The van der Waals surface area contributed by atoms with Crippen molar-refractivity contribution in [2.75, 3.05) is 16.8 Å². The number of thiophene rings is 1. The molecule has 2 heterocycles. The summed E-state index contributed by atoms with van der Waals surface area (Å²) in [7, 11) is 0. The average Bonchev–Trinajstić information content (AvgIpc) is 3.07. The number of carbonyl (C=O) groups excluding carboxylic acids is 3. The van der Waals surface area contributed by atoms with Gasteiger partial charge in [0, 0.05) is 42.1 Å². The van der Waals surface area contributed by atoms with Crippen molar-refractivity contribution < 1.29 is 14.4 Å². The van der Waals surface area contributed by atoms with E-state index in [-0.39, 0.29) is 30.4 Å². The third-order valence-electron chi connectivity index (χ3n) is 4.36. The topological polar surface area (TPSA) is 66.5 Å². The first-order chi connectivity index (χ1) is 12.5. The molecular formula is C20H22N2O3S. The molecule has 1 saturated heterocycles. The summed E-state index contributed by atoms with van der Waals surface area (Å²) >= 11 is 1.45. The number of nitrogens with one attached hydrogen (secondary N) is 1. The molecule has 0 unspecified atom stereocenters. The zero-order valence-electron chi connectivity index (χ0n) is 14.8. The van der Waals surface area contributed by atoms with Crippen LogP contribution in [0.3, 0.4) is 0 Å². The second-order valence-corrected chi connectivity index (χ2v) is 7.72. The Morgan fingerprint density at radius 1 is 1.15 bits per heavy atom. The van der Waals surface area contributed by atoms with Crippen molar-refractivity contribution in [1.29, 1.82) is 0 Å². The SMILES string of the molecule is Cc1ccc(C(=O)CCC(=O)Nc2cccc(N3CCCCC3=O)c2)s1. The van der Waals surface area contributed by atoms with Crippen LogP contribution >= 0.6 is 11.3 Å². The zero-order chi connectivity index (χ0) is 18.5. The van der Waals surface area contributed by atoms with Gasteiger partial charge in [0.2, 0.25) is 11.8 Å². The molecule has 136 valence electrons. The Morgan fingerprint density at radius 3 is 2.73 bits per heavy atom. The molecule has 2 amide bonds. The monoisotopic (exact) mass is 370 g/mol. The highest BCUT2D eigenvalue weighted by atomic mass is 32.1. The standard InChI is InChI=1S/C20H22N2O3S/c1-14-8-10-18(26-14)17(23)9-11-19(24)21-15-5-4-6-16(13-15)22-12-3-2-7-20(22)25/h4-6,8,10,13H,2-3,7,9,11-12H2,1H3,(H,21,24). The lowest BCUT2D eigenvalue weighted by Crippen LogP contribution is -2.35. The molecule has 0 radical (unpaired) electrons. The van der Waals surface area contributed by atoms with Gasteiger partial charge in [-0.3, -0.25) is 14.4 Å². The van der Waals surface area contributed by atoms with Crippen LogP contribution < -0.4 is 10.2 Å². The van der Waals surface area contributed by atoms with E-state index in [9.17, 15) is 14.4 Å². The Morgan fingerprint density at radius 2 is 2.00 bits per heavy atom. The van der Waals surface area contributed by atoms with Gasteiger partial charge in [-0.1, -0.05) is 6.07 Å². The maximum Gasteiger partial charge on any atom is 0.226 e. The summed E-state index contributed by atoms with van der Waals surface area (Å²) in [5.41, 5.74) is 1.45. The number of hydrogen-bond acceptors (Lipinski definition) is 4. The summed E-state index contributed by atoms with van der Waals surface area (Å²) in [6, 6.07) is 11.0. The summed E-state index contributed by atoms with van der Waals surface area (Å²) in [5, 5.41) is 2.82. The quantitative estimate of drug-likeness (QED) is 0.776. The van der Waals surface area contributed by atoms with Crippen LogP contribution in [0.5, 0.6) is 0 Å². The molecular weight excluding hydrogens is 348 g/mol. The van der Waals surface area contributed by atoms with Crippen molar-refractivity contribution in [1.82, 2.24) is 0 Å². The third kappa shape index (κ3) is 4.58. The fourth-order valence-corrected chi connectivity index (χ4v) is 3.82. The van der Waals surface area contributed by atoms with Gasteiger partial charge in [-0.25, -0.2) is 0 Å². The van der Waals surface area contributed by atoms with Crippen molar-refractivity contribution in [3.05, 3.63) is 46.2 Å². The fourth-order valence-electron chi connectivity index (χ4n) is 2.99. The Labute approximate surface area is 157 Å². The normalized spacial score (nSPS) is 14.3. The largest absolute Gasteiger partial charge is 0.326 e. The van der Waals surface area contributed by atoms with Gasteiger partial charge in [-0.15, -0.1) is 11.3 Å². The van der Waals surface area contributed by atoms with Crippen molar-refractivity contribution >= 4 is 40.3 Å². The fraction of sp³-hybridized carbons (Fsp3) is 0.350. The molecule has 0 bridgehead atoms. The predicted molar refractivity (Wildman–Crippen MR) is 104 cm³/mol. The molecule has 1 aromatic carbocycles. The summed E-state index contributed by atoms with van der Waals surface area (Å²) in [4.78, 5) is 39.9. The second kappa shape index (κ2) is 8.27. The highest BCUT2D eigenvalue weighted by molar-refractivity contribution is 7.14. The van der Waals surface area contributed by atoms with Crippen LogP contribution in [0.4, 0.5) is 11.4 Å². The minimum absolute atomic E-state index is 0.00841. The van der Waals surface area contributed by atoms with Gasteiger partial charge in [0.15, 0.2) is 5.78 Å². The first-order valence-corrected chi connectivity index (χ1v) is 9.64. The maximum absolute atomic E-state index is 12.2. The van der Waals surface area contributed by atoms with E-state index in [1.807, 2.05) is 31.2 Å². The van der Waals surface area contributed by atoms with Crippen LogP contribution in [0, 0.1) is 6.92 Å². The molecule has 3 rings (SSSR count). The van der Waals surface area contributed by atoms with Crippen molar-refractivity contribution in [3.8, 4) is 0 Å². The van der Waals surface area contributed by atoms with Crippen molar-refractivity contribution in [2.24, 2.45) is 0 Å². The molecule has 0 aliphatic carbocycles. The molecule has 1 aromatic heterocycles. The molecule has 1 N–H and O–H groups in total. The lowest BCUT2D eigenvalue weighted by Gasteiger charge is -2.27. The highest BCUT2D eigenvalue weighted by Crippen LogP contribution is 2.24. The average molecular weight is 370 g/mol. The van der Waals surface area contributed by atoms with Crippen LogP contribution in [-0.4, -0.2) is 24.1 Å². The van der Waals surface area contributed by atoms with Gasteiger partial charge >= 0.3 is 0 Å². The van der Waals surface area contributed by atoms with E-state index >= 15 is 0 Å². The number of rotatable bonds is 6. The maximum atomic E-state index is 12.2. The van der Waals surface area contributed by atoms with E-state index in [4.69, 9.17) is 0 Å². The van der Waals surface area contributed by atoms with E-state index in [2.05, 4.69) is 5.32 Å². The first-order valence-electron chi connectivity index (χ1n) is 8.83. The number of Topliss-reactive ketones (excluding diaryl/α,β-unsaturated/α-hetero) is 1. The predicted octanol–water partition coefficient (Wildman–Crippen LogP) is 4.18. The summed E-state index contributed by atoms with van der Waals surface area (Å²) in [6.07, 6.45) is 2.83. The number of amides is 2. The van der Waals surface area contributed by atoms with Gasteiger partial charge in [0.05, 0.1) is 4.88 Å². The van der Waals surface area contributed by atoms with E-state index in [0.29, 0.717) is 23.5 Å². The molecule has 0 atom stereocenters. The number of anilines is 2. The number of hydrogen-bond donors (Lipinski definition) is 1. The second-order valence-electron chi connectivity index (χ2n) is 6.43. The number of carbonyl (C=O) groups is 3. The molecule has 5 nitrogen and oxygen atoms in total. The zero-order valence-corrected chi connectivity index (χ0v) is 15.6. The van der Waals surface area contributed by atoms with Crippen molar-refractivity contribution in [3.63, 3.8) is 0 Å². The molecule has 2 aromatic rings. The summed E-state index contributed by atoms with van der Waals surface area (Å²) in [5.74, 6) is -0.0868. The molecule has 6 heteroatoms. The minimum atomic E-state index is -0.200. The van der Waals surface area contributed by atoms with Gasteiger partial charge in [0.25, 0.3) is 0 Å². The van der Waals surface area contributed by atoms with Crippen LogP contribution in [0.1, 0.15) is 46.7 Å². The van der Waals surface area contributed by atoms with Crippen LogP contribution in [0.25, 0.3) is 0 Å². The third-order valence-corrected chi connectivity index (χ3v) is 5.40.